The summed E-state index contributed by atoms with van der Waals surface area (Å²) in [5.41, 5.74) is 7.45. The molecule has 0 spiro atoms. The highest BCUT2D eigenvalue weighted by molar-refractivity contribution is 5.98. The van der Waals surface area contributed by atoms with E-state index in [2.05, 4.69) is 30.9 Å². The van der Waals surface area contributed by atoms with Crippen LogP contribution in [-0.2, 0) is 0 Å². The van der Waals surface area contributed by atoms with Crippen LogP contribution in [0.2, 0.25) is 0 Å². The molecule has 4 rings (SSSR count). The fraction of sp³-hybridized carbons (Fsp3) is 0.333. The van der Waals surface area contributed by atoms with Crippen LogP contribution >= 0.6 is 0 Å². The fourth-order valence-electron chi connectivity index (χ4n) is 3.85. The van der Waals surface area contributed by atoms with Crippen molar-refractivity contribution >= 4 is 34.1 Å². The smallest absolute Gasteiger partial charge is 0.252 e. The molecule has 1 aliphatic carbocycles. The lowest BCUT2D eigenvalue weighted by molar-refractivity contribution is 0.100. The van der Waals surface area contributed by atoms with Crippen LogP contribution in [0.25, 0.3) is 10.9 Å². The predicted molar refractivity (Wildman–Crippen MR) is 114 cm³/mol. The first-order valence-corrected chi connectivity index (χ1v) is 9.85. The van der Waals surface area contributed by atoms with Gasteiger partial charge in [-0.05, 0) is 44.2 Å². The number of anilines is 3. The lowest BCUT2D eigenvalue weighted by Gasteiger charge is -2.32. The Morgan fingerprint density at radius 1 is 1.14 bits per heavy atom. The Morgan fingerprint density at radius 2 is 1.97 bits per heavy atom. The molecule has 150 valence electrons. The zero-order chi connectivity index (χ0) is 20.2. The van der Waals surface area contributed by atoms with Crippen LogP contribution in [0.5, 0.6) is 0 Å². The summed E-state index contributed by atoms with van der Waals surface area (Å²) in [7, 11) is 1.99. The quantitative estimate of drug-likeness (QED) is 0.510. The zero-order valence-electron chi connectivity index (χ0n) is 16.4. The number of fused-ring (bicyclic) bond motifs is 1. The third-order valence-corrected chi connectivity index (χ3v) is 5.38. The topological polar surface area (TPSA) is 118 Å². The molecule has 1 fully saturated rings. The van der Waals surface area contributed by atoms with E-state index in [9.17, 15) is 4.79 Å². The maximum Gasteiger partial charge on any atom is 0.252 e. The SMILES string of the molecule is CNC1CCCCC1Nc1ccc(C(N)=O)c(Nc2cnc3ccncc3c2)n1. The fourth-order valence-corrected chi connectivity index (χ4v) is 3.85. The number of aromatic nitrogens is 3. The Kier molecular flexibility index (Phi) is 5.53. The summed E-state index contributed by atoms with van der Waals surface area (Å²) in [6.45, 7) is 0. The molecule has 1 saturated carbocycles. The van der Waals surface area contributed by atoms with Crippen molar-refractivity contribution in [3.63, 3.8) is 0 Å². The average Bonchev–Trinajstić information content (AvgIpc) is 2.74. The van der Waals surface area contributed by atoms with E-state index in [0.717, 1.165) is 23.7 Å². The molecule has 0 saturated heterocycles. The molecule has 8 heteroatoms. The van der Waals surface area contributed by atoms with Crippen molar-refractivity contribution < 1.29 is 4.79 Å². The van der Waals surface area contributed by atoms with Crippen molar-refractivity contribution in [2.24, 2.45) is 5.73 Å². The van der Waals surface area contributed by atoms with Crippen LogP contribution in [0, 0.1) is 0 Å². The molecule has 0 bridgehead atoms. The number of nitrogens with one attached hydrogen (secondary N) is 3. The zero-order valence-corrected chi connectivity index (χ0v) is 16.4. The second kappa shape index (κ2) is 8.40. The van der Waals surface area contributed by atoms with Gasteiger partial charge in [-0.15, -0.1) is 0 Å². The number of nitrogens with zero attached hydrogens (tertiary/aromatic N) is 3. The van der Waals surface area contributed by atoms with Gasteiger partial charge in [-0.25, -0.2) is 4.98 Å². The molecule has 0 aliphatic heterocycles. The molecule has 2 unspecified atom stereocenters. The number of amides is 1. The summed E-state index contributed by atoms with van der Waals surface area (Å²) in [6, 6.07) is 7.96. The average molecular weight is 391 g/mol. The van der Waals surface area contributed by atoms with Crippen molar-refractivity contribution in [1.29, 1.82) is 0 Å². The molecule has 0 aromatic carbocycles. The van der Waals surface area contributed by atoms with E-state index >= 15 is 0 Å². The maximum atomic E-state index is 11.9. The minimum Gasteiger partial charge on any atom is -0.366 e. The molecule has 3 aromatic rings. The van der Waals surface area contributed by atoms with Crippen LogP contribution in [0.15, 0.2) is 42.9 Å². The van der Waals surface area contributed by atoms with Crippen LogP contribution in [0.3, 0.4) is 0 Å². The highest BCUT2D eigenvalue weighted by Crippen LogP contribution is 2.25. The molecule has 8 nitrogen and oxygen atoms in total. The lowest BCUT2D eigenvalue weighted by Crippen LogP contribution is -2.44. The highest BCUT2D eigenvalue weighted by Gasteiger charge is 2.24. The van der Waals surface area contributed by atoms with E-state index in [1.807, 2.05) is 19.2 Å². The maximum absolute atomic E-state index is 11.9. The lowest BCUT2D eigenvalue weighted by atomic mass is 9.90. The molecule has 1 aliphatic rings. The largest absolute Gasteiger partial charge is 0.366 e. The number of likely N-dealkylation sites (N-methyl/N-ethyl adjacent to an activating group) is 1. The summed E-state index contributed by atoms with van der Waals surface area (Å²) in [4.78, 5) is 25.1. The molecule has 1 amide bonds. The van der Waals surface area contributed by atoms with Gasteiger partial charge in [-0.3, -0.25) is 14.8 Å². The van der Waals surface area contributed by atoms with Gasteiger partial charge < -0.3 is 21.7 Å². The molecule has 5 N–H and O–H groups in total. The van der Waals surface area contributed by atoms with Crippen LogP contribution < -0.4 is 21.7 Å². The van der Waals surface area contributed by atoms with Gasteiger partial charge in [0.05, 0.1) is 23.0 Å². The van der Waals surface area contributed by atoms with Gasteiger partial charge in [0.2, 0.25) is 0 Å². The third-order valence-electron chi connectivity index (χ3n) is 5.38. The first kappa shape index (κ1) is 19.1. The summed E-state index contributed by atoms with van der Waals surface area (Å²) in [5.74, 6) is 0.581. The van der Waals surface area contributed by atoms with E-state index in [1.54, 1.807) is 30.7 Å². The van der Waals surface area contributed by atoms with Crippen LogP contribution in [0.4, 0.5) is 17.3 Å². The Balaban J connectivity index is 1.61. The third kappa shape index (κ3) is 4.27. The Morgan fingerprint density at radius 3 is 2.76 bits per heavy atom. The number of hydrogen-bond donors (Lipinski definition) is 4. The van der Waals surface area contributed by atoms with Crippen molar-refractivity contribution in [2.45, 2.75) is 37.8 Å². The number of hydrogen-bond acceptors (Lipinski definition) is 7. The minimum absolute atomic E-state index is 0.293. The molecule has 2 atom stereocenters. The van der Waals surface area contributed by atoms with Crippen LogP contribution in [-0.4, -0.2) is 40.0 Å². The van der Waals surface area contributed by atoms with Gasteiger partial charge in [0.1, 0.15) is 11.6 Å². The van der Waals surface area contributed by atoms with Crippen LogP contribution in [0.1, 0.15) is 36.0 Å². The number of carbonyl (C=O) groups excluding carboxylic acids is 1. The first-order valence-electron chi connectivity index (χ1n) is 9.85. The van der Waals surface area contributed by atoms with E-state index < -0.39 is 5.91 Å². The van der Waals surface area contributed by atoms with Crippen molar-refractivity contribution in [3.05, 3.63) is 48.4 Å². The normalized spacial score (nSPS) is 19.1. The molecule has 3 aromatic heterocycles. The highest BCUT2D eigenvalue weighted by atomic mass is 16.1. The van der Waals surface area contributed by atoms with Gasteiger partial charge in [0, 0.05) is 29.9 Å². The number of pyridine rings is 3. The summed E-state index contributed by atoms with van der Waals surface area (Å²) in [6.07, 6.45) is 9.78. The Hall–Kier alpha value is -3.26. The summed E-state index contributed by atoms with van der Waals surface area (Å²) in [5, 5.41) is 11.0. The molecule has 3 heterocycles. The second-order valence-electron chi connectivity index (χ2n) is 7.30. The number of primary amides is 1. The van der Waals surface area contributed by atoms with Crippen molar-refractivity contribution in [3.8, 4) is 0 Å². The predicted octanol–water partition coefficient (Wildman–Crippen LogP) is 2.81. The Bertz CT molecular complexity index is 1020. The van der Waals surface area contributed by atoms with Gasteiger partial charge >= 0.3 is 0 Å². The molecule has 0 radical (unpaired) electrons. The number of nitrogens with two attached hydrogens (primary N) is 1. The molecular weight excluding hydrogens is 366 g/mol. The first-order chi connectivity index (χ1) is 14.1. The molecule has 29 heavy (non-hydrogen) atoms. The summed E-state index contributed by atoms with van der Waals surface area (Å²) < 4.78 is 0. The van der Waals surface area contributed by atoms with Gasteiger partial charge in [-0.2, -0.15) is 0 Å². The van der Waals surface area contributed by atoms with Crippen molar-refractivity contribution in [1.82, 2.24) is 20.3 Å². The standard InChI is InChI=1S/C21H25N7O/c1-23-17-4-2-3-5-18(17)27-19-7-6-15(20(22)29)21(28-19)26-14-10-13-11-24-9-8-16(13)25-12-14/h6-12,17-18,23H,2-5H2,1H3,(H2,22,29)(H2,26,27,28). The monoisotopic (exact) mass is 391 g/mol. The van der Waals surface area contributed by atoms with E-state index in [1.165, 1.54) is 12.8 Å². The van der Waals surface area contributed by atoms with Gasteiger partial charge in [0.15, 0.2) is 0 Å². The van der Waals surface area contributed by atoms with Crippen molar-refractivity contribution in [2.75, 3.05) is 17.7 Å². The van der Waals surface area contributed by atoms with E-state index in [-0.39, 0.29) is 0 Å². The number of carbonyl (C=O) groups is 1. The summed E-state index contributed by atoms with van der Waals surface area (Å²) >= 11 is 0. The minimum atomic E-state index is -0.535. The van der Waals surface area contributed by atoms with E-state index in [4.69, 9.17) is 5.73 Å². The Labute approximate surface area is 169 Å². The second-order valence-corrected chi connectivity index (χ2v) is 7.30. The van der Waals surface area contributed by atoms with Gasteiger partial charge in [-0.1, -0.05) is 12.8 Å². The number of rotatable bonds is 6. The van der Waals surface area contributed by atoms with Gasteiger partial charge in [0.25, 0.3) is 5.91 Å². The molecular formula is C21H25N7O. The van der Waals surface area contributed by atoms with E-state index in [0.29, 0.717) is 35.0 Å².